The molecule has 0 atom stereocenters. The van der Waals surface area contributed by atoms with Crippen LogP contribution in [-0.4, -0.2) is 28.8 Å². The zero-order chi connectivity index (χ0) is 24.8. The molecule has 3 aromatic carbocycles. The number of anilines is 2. The van der Waals surface area contributed by atoms with Crippen molar-refractivity contribution in [2.24, 2.45) is 0 Å². The summed E-state index contributed by atoms with van der Waals surface area (Å²) in [5, 5.41) is 17.6. The summed E-state index contributed by atoms with van der Waals surface area (Å²) in [7, 11) is 0. The number of rotatable bonds is 10. The van der Waals surface area contributed by atoms with Crippen molar-refractivity contribution >= 4 is 34.2 Å². The van der Waals surface area contributed by atoms with Gasteiger partial charge in [-0.05, 0) is 55.3 Å². The minimum atomic E-state index is -0.449. The quantitative estimate of drug-likeness (QED) is 0.211. The van der Waals surface area contributed by atoms with E-state index < -0.39 is 4.92 Å². The van der Waals surface area contributed by atoms with Crippen LogP contribution in [0.5, 0.6) is 0 Å². The van der Waals surface area contributed by atoms with E-state index >= 15 is 0 Å². The van der Waals surface area contributed by atoms with Crippen LogP contribution in [0.25, 0.3) is 11.3 Å². The van der Waals surface area contributed by atoms with Crippen molar-refractivity contribution in [3.05, 3.63) is 99.6 Å². The number of carbonyl (C=O) groups excluding carboxylic acids is 1. The first kappa shape index (κ1) is 24.2. The van der Waals surface area contributed by atoms with Gasteiger partial charge in [0.1, 0.15) is 0 Å². The Bertz CT molecular complexity index is 1230. The number of nitro benzene ring substituents is 1. The number of carbonyl (C=O) groups is 1. The van der Waals surface area contributed by atoms with E-state index in [-0.39, 0.29) is 11.6 Å². The number of amides is 1. The molecule has 1 aliphatic rings. The average molecular weight is 471 g/mol. The lowest BCUT2D eigenvalue weighted by molar-refractivity contribution is -0.384. The number of nitrogens with one attached hydrogen (secondary N) is 2. The lowest BCUT2D eigenvalue weighted by atomic mass is 9.99. The van der Waals surface area contributed by atoms with Gasteiger partial charge in [0, 0.05) is 35.6 Å². The van der Waals surface area contributed by atoms with Gasteiger partial charge in [-0.25, -0.2) is 0 Å². The predicted octanol–water partition coefficient (Wildman–Crippen LogP) is 6.15. The van der Waals surface area contributed by atoms with E-state index in [1.165, 1.54) is 17.7 Å². The van der Waals surface area contributed by atoms with Crippen LogP contribution >= 0.6 is 0 Å². The Balaban J connectivity index is 1.70. The van der Waals surface area contributed by atoms with Crippen molar-refractivity contribution in [3.63, 3.8) is 0 Å². The van der Waals surface area contributed by atoms with Crippen LogP contribution in [0.15, 0.2) is 72.8 Å². The number of benzene rings is 3. The molecule has 7 nitrogen and oxygen atoms in total. The van der Waals surface area contributed by atoms with Crippen molar-refractivity contribution in [2.75, 3.05) is 23.7 Å². The summed E-state index contributed by atoms with van der Waals surface area (Å²) in [6, 6.07) is 22.2. The first-order valence-electron chi connectivity index (χ1n) is 12.0. The predicted molar refractivity (Wildman–Crippen MR) is 141 cm³/mol. The molecule has 180 valence electrons. The van der Waals surface area contributed by atoms with E-state index in [1.54, 1.807) is 6.07 Å². The van der Waals surface area contributed by atoms with Gasteiger partial charge in [-0.1, -0.05) is 56.3 Å². The fraction of sp³-hybridized carbons (Fsp3) is 0.250. The van der Waals surface area contributed by atoms with E-state index in [1.807, 2.05) is 42.5 Å². The lowest BCUT2D eigenvalue weighted by Gasteiger charge is -2.21. The Hall–Kier alpha value is -3.97. The standard InChI is InChI=1S/C28H30N4O3/c1-3-16-31(17-4-2)19-20-10-12-22(13-11-20)29-27(21-8-6-5-7-9-21)26-24-18-23(32(34)35)14-15-25(24)30-28(26)33/h5-15,18,29H,3-4,16-17,19H2,1-2H3,(H,30,33)/b27-26-. The molecule has 0 fully saturated rings. The van der Waals surface area contributed by atoms with Crippen molar-refractivity contribution < 1.29 is 9.72 Å². The fourth-order valence-electron chi connectivity index (χ4n) is 4.40. The largest absolute Gasteiger partial charge is 0.354 e. The SMILES string of the molecule is CCCN(CCC)Cc1ccc(N/C(=C2\C(=O)Nc3ccc([N+](=O)[O-])cc32)c2ccccc2)cc1. The van der Waals surface area contributed by atoms with Crippen LogP contribution in [-0.2, 0) is 11.3 Å². The molecule has 0 saturated heterocycles. The Morgan fingerprint density at radius 3 is 2.29 bits per heavy atom. The maximum absolute atomic E-state index is 13.0. The molecule has 4 rings (SSSR count). The zero-order valence-corrected chi connectivity index (χ0v) is 20.1. The van der Waals surface area contributed by atoms with Gasteiger partial charge in [0.2, 0.25) is 0 Å². The van der Waals surface area contributed by atoms with Crippen molar-refractivity contribution in [2.45, 2.75) is 33.2 Å². The van der Waals surface area contributed by atoms with E-state index in [4.69, 9.17) is 0 Å². The van der Waals surface area contributed by atoms with Crippen LogP contribution in [0.4, 0.5) is 17.1 Å². The molecule has 1 aliphatic heterocycles. The molecule has 0 unspecified atom stereocenters. The molecule has 0 radical (unpaired) electrons. The molecular weight excluding hydrogens is 440 g/mol. The molecule has 0 spiro atoms. The van der Waals surface area contributed by atoms with Gasteiger partial charge in [0.25, 0.3) is 11.6 Å². The maximum Gasteiger partial charge on any atom is 0.270 e. The summed E-state index contributed by atoms with van der Waals surface area (Å²) < 4.78 is 0. The molecule has 3 aromatic rings. The normalized spacial score (nSPS) is 14.0. The fourth-order valence-corrected chi connectivity index (χ4v) is 4.40. The third kappa shape index (κ3) is 5.58. The summed E-state index contributed by atoms with van der Waals surface area (Å²) >= 11 is 0. The van der Waals surface area contributed by atoms with Crippen molar-refractivity contribution in [1.82, 2.24) is 4.90 Å². The highest BCUT2D eigenvalue weighted by atomic mass is 16.6. The highest BCUT2D eigenvalue weighted by Crippen LogP contribution is 2.39. The van der Waals surface area contributed by atoms with Gasteiger partial charge < -0.3 is 10.6 Å². The molecule has 2 N–H and O–H groups in total. The molecule has 0 aromatic heterocycles. The first-order chi connectivity index (χ1) is 17.0. The van der Waals surface area contributed by atoms with Crippen molar-refractivity contribution in [1.29, 1.82) is 0 Å². The zero-order valence-electron chi connectivity index (χ0n) is 20.1. The van der Waals surface area contributed by atoms with Crippen LogP contribution in [0, 0.1) is 10.1 Å². The second-order valence-electron chi connectivity index (χ2n) is 8.66. The van der Waals surface area contributed by atoms with Crippen LogP contribution in [0.3, 0.4) is 0 Å². The van der Waals surface area contributed by atoms with Gasteiger partial charge in [-0.2, -0.15) is 0 Å². The van der Waals surface area contributed by atoms with Gasteiger partial charge in [0.05, 0.1) is 16.2 Å². The number of non-ortho nitro benzene ring substituents is 1. The minimum Gasteiger partial charge on any atom is -0.354 e. The Morgan fingerprint density at radius 2 is 1.66 bits per heavy atom. The van der Waals surface area contributed by atoms with E-state index in [0.29, 0.717) is 22.5 Å². The van der Waals surface area contributed by atoms with Crippen LogP contribution < -0.4 is 10.6 Å². The first-order valence-corrected chi connectivity index (χ1v) is 12.0. The Labute approximate surface area is 205 Å². The molecule has 0 aliphatic carbocycles. The molecule has 7 heteroatoms. The van der Waals surface area contributed by atoms with Gasteiger partial charge >= 0.3 is 0 Å². The Kier molecular flexibility index (Phi) is 7.57. The molecule has 1 heterocycles. The maximum atomic E-state index is 13.0. The average Bonchev–Trinajstić information content (AvgIpc) is 3.19. The van der Waals surface area contributed by atoms with Crippen molar-refractivity contribution in [3.8, 4) is 0 Å². The number of fused-ring (bicyclic) bond motifs is 1. The smallest absolute Gasteiger partial charge is 0.270 e. The molecule has 0 bridgehead atoms. The van der Waals surface area contributed by atoms with E-state index in [0.717, 1.165) is 43.7 Å². The number of nitrogens with zero attached hydrogens (tertiary/aromatic N) is 2. The summed E-state index contributed by atoms with van der Waals surface area (Å²) in [4.78, 5) is 26.4. The third-order valence-electron chi connectivity index (χ3n) is 5.98. The minimum absolute atomic E-state index is 0.0572. The van der Waals surface area contributed by atoms with E-state index in [9.17, 15) is 14.9 Å². The topological polar surface area (TPSA) is 87.5 Å². The summed E-state index contributed by atoms with van der Waals surface area (Å²) in [5.74, 6) is -0.293. The highest BCUT2D eigenvalue weighted by Gasteiger charge is 2.30. The Morgan fingerprint density at radius 1 is 0.971 bits per heavy atom. The van der Waals surface area contributed by atoms with Gasteiger partial charge in [-0.15, -0.1) is 0 Å². The molecule has 35 heavy (non-hydrogen) atoms. The van der Waals surface area contributed by atoms with E-state index in [2.05, 4.69) is 41.5 Å². The highest BCUT2D eigenvalue weighted by molar-refractivity contribution is 6.37. The van der Waals surface area contributed by atoms with Gasteiger partial charge in [-0.3, -0.25) is 19.8 Å². The second kappa shape index (κ2) is 11.0. The summed E-state index contributed by atoms with van der Waals surface area (Å²) in [6.07, 6.45) is 2.24. The second-order valence-corrected chi connectivity index (χ2v) is 8.66. The molecular formula is C28H30N4O3. The number of hydrogen-bond donors (Lipinski definition) is 2. The number of nitro groups is 1. The number of hydrogen-bond acceptors (Lipinski definition) is 5. The summed E-state index contributed by atoms with van der Waals surface area (Å²) in [6.45, 7) is 7.42. The molecule has 0 saturated carbocycles. The third-order valence-corrected chi connectivity index (χ3v) is 5.98. The monoisotopic (exact) mass is 470 g/mol. The van der Waals surface area contributed by atoms with Crippen LogP contribution in [0.2, 0.25) is 0 Å². The lowest BCUT2D eigenvalue weighted by Crippen LogP contribution is -2.24. The summed E-state index contributed by atoms with van der Waals surface area (Å²) in [5.41, 5.74) is 4.89. The van der Waals surface area contributed by atoms with Gasteiger partial charge in [0.15, 0.2) is 0 Å². The molecule has 1 amide bonds. The van der Waals surface area contributed by atoms with Crippen LogP contribution in [0.1, 0.15) is 43.4 Å².